The van der Waals surface area contributed by atoms with Gasteiger partial charge < -0.3 is 15.0 Å². The number of pyridine rings is 1. The Morgan fingerprint density at radius 1 is 1.09 bits per heavy atom. The molecular weight excluding hydrogens is 581 g/mol. The van der Waals surface area contributed by atoms with Gasteiger partial charge in [-0.2, -0.15) is 15.2 Å². The Morgan fingerprint density at radius 3 is 2.73 bits per heavy atom. The molecule has 15 heteroatoms. The van der Waals surface area contributed by atoms with Crippen LogP contribution in [0.15, 0.2) is 61.1 Å². The molecule has 4 aromatic heterocycles. The smallest absolute Gasteiger partial charge is 0.388 e. The number of nitrogens with one attached hydrogen (secondary N) is 1. The van der Waals surface area contributed by atoms with Gasteiger partial charge >= 0.3 is 6.36 Å². The van der Waals surface area contributed by atoms with Crippen molar-refractivity contribution in [1.29, 1.82) is 0 Å². The Balaban J connectivity index is 1.13. The summed E-state index contributed by atoms with van der Waals surface area (Å²) in [6.45, 7) is 1.18. The third-order valence-electron chi connectivity index (χ3n) is 7.84. The van der Waals surface area contributed by atoms with E-state index in [9.17, 15) is 27.6 Å². The molecular formula is C29H23F3N8O4. The molecule has 0 spiro atoms. The number of ketones is 1. The summed E-state index contributed by atoms with van der Waals surface area (Å²) in [4.78, 5) is 49.0. The molecule has 1 aromatic carbocycles. The van der Waals surface area contributed by atoms with E-state index in [-0.39, 0.29) is 41.7 Å². The van der Waals surface area contributed by atoms with Crippen LogP contribution in [0.1, 0.15) is 30.3 Å². The number of hydrogen-bond donors (Lipinski definition) is 1. The molecule has 1 saturated carbocycles. The minimum atomic E-state index is -4.93. The number of benzene rings is 1. The standard InChI is InChI=1S/C29H23F3N8O4/c1-15(41)27-19-9-16(18-12-33-24-7-8-34-39(24)13-18)5-6-20(19)38(37-27)14-26(42)40-21-10-17(21)11-22(40)28(43)36-23-3-2-4-25(35-23)44-29(30,31)32/h2-9,12-13,17,21-22H,10-11,14H2,1H3,(H,35,36,43)/t17-,21?,22+/m1/s1. The van der Waals surface area contributed by atoms with Crippen molar-refractivity contribution < 1.29 is 32.3 Å². The maximum absolute atomic E-state index is 13.7. The predicted octanol–water partition coefficient (Wildman–Crippen LogP) is 3.87. The first-order valence-corrected chi connectivity index (χ1v) is 13.7. The predicted molar refractivity (Wildman–Crippen MR) is 148 cm³/mol. The summed E-state index contributed by atoms with van der Waals surface area (Å²) in [6.07, 6.45) is 1.41. The fourth-order valence-corrected chi connectivity index (χ4v) is 5.83. The van der Waals surface area contributed by atoms with Crippen LogP contribution in [-0.4, -0.2) is 70.3 Å². The average Bonchev–Trinajstić information content (AvgIpc) is 3.29. The van der Waals surface area contributed by atoms with Crippen LogP contribution in [0.25, 0.3) is 27.7 Å². The molecule has 1 unspecified atom stereocenters. The fraction of sp³-hybridized carbons (Fsp3) is 0.276. The number of piperidine rings is 1. The van der Waals surface area contributed by atoms with Crippen LogP contribution in [0.2, 0.25) is 0 Å². The van der Waals surface area contributed by atoms with E-state index in [4.69, 9.17) is 0 Å². The second-order valence-corrected chi connectivity index (χ2v) is 10.8. The number of Topliss-reactive ketones (excluding diaryl/α,β-unsaturated/α-hetero) is 1. The van der Waals surface area contributed by atoms with Crippen molar-refractivity contribution in [1.82, 2.24) is 34.3 Å². The number of carbonyl (C=O) groups is 3. The molecule has 3 atom stereocenters. The number of carbonyl (C=O) groups excluding carboxylic acids is 3. The quantitative estimate of drug-likeness (QED) is 0.277. The Morgan fingerprint density at radius 2 is 1.93 bits per heavy atom. The van der Waals surface area contributed by atoms with Crippen molar-refractivity contribution in [2.24, 2.45) is 5.92 Å². The highest BCUT2D eigenvalue weighted by atomic mass is 19.4. The lowest BCUT2D eigenvalue weighted by molar-refractivity contribution is -0.276. The molecule has 2 aliphatic rings. The van der Waals surface area contributed by atoms with Crippen molar-refractivity contribution in [2.75, 3.05) is 5.32 Å². The highest BCUT2D eigenvalue weighted by Crippen LogP contribution is 2.48. The highest BCUT2D eigenvalue weighted by Gasteiger charge is 2.56. The molecule has 1 aliphatic heterocycles. The number of likely N-dealkylation sites (tertiary alicyclic amines) is 1. The Kier molecular flexibility index (Phi) is 6.33. The van der Waals surface area contributed by atoms with E-state index in [2.05, 4.69) is 30.2 Å². The summed E-state index contributed by atoms with van der Waals surface area (Å²) in [6, 6.07) is 9.87. The summed E-state index contributed by atoms with van der Waals surface area (Å²) in [5.41, 5.74) is 3.02. The number of halogens is 3. The van der Waals surface area contributed by atoms with E-state index in [1.165, 1.54) is 28.6 Å². The Hall–Kier alpha value is -5.34. The van der Waals surface area contributed by atoms with Crippen LogP contribution in [0.3, 0.4) is 0 Å². The lowest BCUT2D eigenvalue weighted by Crippen LogP contribution is -2.46. The topological polar surface area (TPSA) is 137 Å². The molecule has 5 aromatic rings. The number of anilines is 1. The number of ether oxygens (including phenoxy) is 1. The first-order chi connectivity index (χ1) is 21.0. The van der Waals surface area contributed by atoms with Gasteiger partial charge in [-0.25, -0.2) is 9.50 Å². The zero-order valence-corrected chi connectivity index (χ0v) is 23.0. The molecule has 1 aliphatic carbocycles. The van der Waals surface area contributed by atoms with Gasteiger partial charge in [0.05, 0.1) is 11.7 Å². The number of hydrogen-bond acceptors (Lipinski definition) is 8. The van der Waals surface area contributed by atoms with Crippen molar-refractivity contribution in [3.05, 3.63) is 66.7 Å². The van der Waals surface area contributed by atoms with E-state index in [0.29, 0.717) is 23.0 Å². The molecule has 2 fully saturated rings. The number of nitrogens with zero attached hydrogens (tertiary/aromatic N) is 7. The van der Waals surface area contributed by atoms with Crippen molar-refractivity contribution >= 4 is 40.0 Å². The first-order valence-electron chi connectivity index (χ1n) is 13.7. The van der Waals surface area contributed by atoms with Gasteiger partial charge in [0.1, 0.15) is 24.1 Å². The molecule has 7 rings (SSSR count). The van der Waals surface area contributed by atoms with Gasteiger partial charge in [0.15, 0.2) is 11.4 Å². The minimum absolute atomic E-state index is 0.128. The van der Waals surface area contributed by atoms with Crippen LogP contribution >= 0.6 is 0 Å². The second kappa shape index (κ2) is 10.1. The van der Waals surface area contributed by atoms with Crippen molar-refractivity contribution in [2.45, 2.75) is 44.8 Å². The number of fused-ring (bicyclic) bond motifs is 3. The van der Waals surface area contributed by atoms with Gasteiger partial charge in [-0.15, -0.1) is 13.2 Å². The normalized spacial score (nSPS) is 19.3. The van der Waals surface area contributed by atoms with E-state index in [0.717, 1.165) is 23.6 Å². The maximum Gasteiger partial charge on any atom is 0.574 e. The average molecular weight is 605 g/mol. The van der Waals surface area contributed by atoms with Gasteiger partial charge in [-0.05, 0) is 42.5 Å². The molecule has 224 valence electrons. The maximum atomic E-state index is 13.7. The van der Waals surface area contributed by atoms with Gasteiger partial charge in [0.25, 0.3) is 0 Å². The summed E-state index contributed by atoms with van der Waals surface area (Å²) in [5.74, 6) is -1.91. The molecule has 1 N–H and O–H groups in total. The Bertz CT molecular complexity index is 1970. The minimum Gasteiger partial charge on any atom is -0.388 e. The van der Waals surface area contributed by atoms with Crippen LogP contribution in [0.4, 0.5) is 19.0 Å². The summed E-state index contributed by atoms with van der Waals surface area (Å²) in [5, 5.41) is 11.8. The third-order valence-corrected chi connectivity index (χ3v) is 7.84. The molecule has 5 heterocycles. The molecule has 0 bridgehead atoms. The number of aromatic nitrogens is 6. The summed E-state index contributed by atoms with van der Waals surface area (Å²) < 4.78 is 44.7. The molecule has 12 nitrogen and oxygen atoms in total. The van der Waals surface area contributed by atoms with E-state index < -0.39 is 24.2 Å². The van der Waals surface area contributed by atoms with Gasteiger partial charge in [0, 0.05) is 48.4 Å². The Labute approximate surface area is 246 Å². The largest absolute Gasteiger partial charge is 0.574 e. The van der Waals surface area contributed by atoms with Crippen LogP contribution in [0.5, 0.6) is 5.88 Å². The van der Waals surface area contributed by atoms with Gasteiger partial charge in [-0.1, -0.05) is 12.1 Å². The van der Waals surface area contributed by atoms with E-state index in [1.807, 2.05) is 18.3 Å². The molecule has 1 saturated heterocycles. The lowest BCUT2D eigenvalue weighted by Gasteiger charge is -2.27. The monoisotopic (exact) mass is 604 g/mol. The van der Waals surface area contributed by atoms with Gasteiger partial charge in [-0.3, -0.25) is 19.1 Å². The SMILES string of the molecule is CC(=O)c1nn(CC(=O)N2C3C[C@@H]3C[C@H]2C(=O)Nc2cccc(OC(F)(F)F)n2)c2ccc(-c3cnc4ccnn4c3)cc12. The fourth-order valence-electron chi connectivity index (χ4n) is 5.83. The summed E-state index contributed by atoms with van der Waals surface area (Å²) in [7, 11) is 0. The van der Waals surface area contributed by atoms with Gasteiger partial charge in [0.2, 0.25) is 17.7 Å². The van der Waals surface area contributed by atoms with Crippen LogP contribution < -0.4 is 10.1 Å². The number of amides is 2. The highest BCUT2D eigenvalue weighted by molar-refractivity contribution is 6.06. The summed E-state index contributed by atoms with van der Waals surface area (Å²) >= 11 is 0. The second-order valence-electron chi connectivity index (χ2n) is 10.8. The first kappa shape index (κ1) is 27.5. The number of alkyl halides is 3. The molecule has 0 radical (unpaired) electrons. The van der Waals surface area contributed by atoms with E-state index >= 15 is 0 Å². The zero-order chi connectivity index (χ0) is 30.7. The number of rotatable bonds is 7. The van der Waals surface area contributed by atoms with Crippen LogP contribution in [-0.2, 0) is 16.1 Å². The lowest BCUT2D eigenvalue weighted by atomic mass is 10.0. The molecule has 2 amide bonds. The van der Waals surface area contributed by atoms with E-state index in [1.54, 1.807) is 29.0 Å². The molecule has 44 heavy (non-hydrogen) atoms. The van der Waals surface area contributed by atoms with Crippen LogP contribution in [0, 0.1) is 5.92 Å². The third kappa shape index (κ3) is 5.09. The zero-order valence-electron chi connectivity index (χ0n) is 23.0. The van der Waals surface area contributed by atoms with Crippen molar-refractivity contribution in [3.63, 3.8) is 0 Å². The van der Waals surface area contributed by atoms with Crippen molar-refractivity contribution in [3.8, 4) is 17.0 Å².